The topological polar surface area (TPSA) is 122 Å². The minimum absolute atomic E-state index is 0.0495. The number of carbonyl (C=O) groups is 3. The summed E-state index contributed by atoms with van der Waals surface area (Å²) in [6, 6.07) is 15.8. The lowest BCUT2D eigenvalue weighted by Gasteiger charge is -2.26. The first-order valence-corrected chi connectivity index (χ1v) is 11.0. The molecule has 180 valence electrons. The van der Waals surface area contributed by atoms with E-state index in [1.54, 1.807) is 66.9 Å². The summed E-state index contributed by atoms with van der Waals surface area (Å²) in [6.45, 7) is 1.37. The lowest BCUT2D eigenvalue weighted by Crippen LogP contribution is -2.31. The molecule has 1 aliphatic rings. The molecule has 3 heterocycles. The van der Waals surface area contributed by atoms with Crippen molar-refractivity contribution in [3.8, 4) is 5.75 Å². The van der Waals surface area contributed by atoms with Crippen molar-refractivity contribution in [2.24, 2.45) is 0 Å². The molecule has 0 radical (unpaired) electrons. The summed E-state index contributed by atoms with van der Waals surface area (Å²) < 4.78 is 11.1. The maximum atomic E-state index is 13.7. The normalized spacial score (nSPS) is 15.4. The number of aromatic nitrogens is 1. The molecule has 2 aromatic carbocycles. The van der Waals surface area contributed by atoms with Crippen molar-refractivity contribution >= 4 is 39.9 Å². The Hall–Kier alpha value is -4.92. The Morgan fingerprint density at radius 3 is 2.64 bits per heavy atom. The lowest BCUT2D eigenvalue weighted by atomic mass is 9.96. The second kappa shape index (κ2) is 9.03. The minimum atomic E-state index is -0.985. The van der Waals surface area contributed by atoms with Crippen LogP contribution in [0.1, 0.15) is 29.1 Å². The minimum Gasteiger partial charge on any atom is -0.503 e. The zero-order valence-corrected chi connectivity index (χ0v) is 19.4. The van der Waals surface area contributed by atoms with E-state index in [9.17, 15) is 19.5 Å². The smallest absolute Gasteiger partial charge is 0.294 e. The van der Waals surface area contributed by atoms with Crippen molar-refractivity contribution in [1.82, 2.24) is 4.98 Å². The Morgan fingerprint density at radius 1 is 1.11 bits per heavy atom. The molecule has 4 aromatic rings. The fourth-order valence-corrected chi connectivity index (χ4v) is 4.34. The summed E-state index contributed by atoms with van der Waals surface area (Å²) in [7, 11) is 1.49. The number of methoxy groups -OCH3 is 1. The SMILES string of the molecule is COc1cccc2cc(C(=O)C3=C(O)C(=O)N(c4cccc(NC(C)=O)c4)C3c3cccnc3)oc12. The summed E-state index contributed by atoms with van der Waals surface area (Å²) >= 11 is 0. The highest BCUT2D eigenvalue weighted by atomic mass is 16.5. The van der Waals surface area contributed by atoms with Crippen molar-refractivity contribution in [3.05, 3.63) is 95.7 Å². The molecule has 0 saturated heterocycles. The molecule has 36 heavy (non-hydrogen) atoms. The van der Waals surface area contributed by atoms with Gasteiger partial charge in [-0.2, -0.15) is 0 Å². The number of furan rings is 1. The highest BCUT2D eigenvalue weighted by Gasteiger charge is 2.45. The van der Waals surface area contributed by atoms with Crippen LogP contribution >= 0.6 is 0 Å². The zero-order valence-electron chi connectivity index (χ0n) is 19.4. The number of benzene rings is 2. The molecule has 1 unspecified atom stereocenters. The highest BCUT2D eigenvalue weighted by molar-refractivity contribution is 6.20. The Morgan fingerprint density at radius 2 is 1.92 bits per heavy atom. The number of ketones is 1. The van der Waals surface area contributed by atoms with E-state index in [4.69, 9.17) is 9.15 Å². The van der Waals surface area contributed by atoms with Gasteiger partial charge in [-0.15, -0.1) is 0 Å². The molecule has 5 rings (SSSR count). The maximum absolute atomic E-state index is 13.7. The molecule has 9 heteroatoms. The van der Waals surface area contributed by atoms with Crippen LogP contribution in [0, 0.1) is 0 Å². The van der Waals surface area contributed by atoms with Crippen LogP contribution in [0.4, 0.5) is 11.4 Å². The molecule has 2 aromatic heterocycles. The summed E-state index contributed by atoms with van der Waals surface area (Å²) in [5, 5.41) is 14.3. The summed E-state index contributed by atoms with van der Waals surface area (Å²) in [4.78, 5) is 44.1. The number of pyridine rings is 1. The van der Waals surface area contributed by atoms with E-state index in [0.29, 0.717) is 33.7 Å². The van der Waals surface area contributed by atoms with Crippen LogP contribution in [0.3, 0.4) is 0 Å². The number of anilines is 2. The van der Waals surface area contributed by atoms with Gasteiger partial charge in [0, 0.05) is 36.1 Å². The van der Waals surface area contributed by atoms with Gasteiger partial charge in [-0.1, -0.05) is 24.3 Å². The van der Waals surface area contributed by atoms with Crippen LogP contribution < -0.4 is 15.0 Å². The third-order valence-electron chi connectivity index (χ3n) is 5.85. The average molecular weight is 483 g/mol. The average Bonchev–Trinajstić information content (AvgIpc) is 3.43. The first kappa shape index (κ1) is 22.9. The van der Waals surface area contributed by atoms with Crippen LogP contribution in [-0.4, -0.2) is 34.8 Å². The first-order chi connectivity index (χ1) is 17.4. The van der Waals surface area contributed by atoms with Crippen LogP contribution in [0.15, 0.2) is 88.8 Å². The summed E-state index contributed by atoms with van der Waals surface area (Å²) in [5.74, 6) is -1.97. The van der Waals surface area contributed by atoms with E-state index in [1.165, 1.54) is 25.1 Å². The van der Waals surface area contributed by atoms with Gasteiger partial charge in [0.15, 0.2) is 22.9 Å². The Kier molecular flexibility index (Phi) is 5.73. The van der Waals surface area contributed by atoms with Crippen molar-refractivity contribution < 1.29 is 28.6 Å². The number of carbonyl (C=O) groups excluding carboxylic acids is 3. The van der Waals surface area contributed by atoms with Gasteiger partial charge in [0.25, 0.3) is 5.91 Å². The molecule has 0 fully saturated rings. The molecule has 1 atom stereocenters. The van der Waals surface area contributed by atoms with Crippen LogP contribution in [0.2, 0.25) is 0 Å². The number of aliphatic hydroxyl groups is 1. The van der Waals surface area contributed by atoms with E-state index >= 15 is 0 Å². The number of nitrogens with zero attached hydrogens (tertiary/aromatic N) is 2. The number of rotatable bonds is 6. The first-order valence-electron chi connectivity index (χ1n) is 11.0. The van der Waals surface area contributed by atoms with Crippen molar-refractivity contribution in [2.75, 3.05) is 17.3 Å². The molecular formula is C27H21N3O6. The van der Waals surface area contributed by atoms with Crippen molar-refractivity contribution in [2.45, 2.75) is 13.0 Å². The highest BCUT2D eigenvalue weighted by Crippen LogP contribution is 2.43. The maximum Gasteiger partial charge on any atom is 0.294 e. The second-order valence-corrected chi connectivity index (χ2v) is 8.18. The quantitative estimate of drug-likeness (QED) is 0.385. The van der Waals surface area contributed by atoms with Crippen molar-refractivity contribution in [3.63, 3.8) is 0 Å². The Labute approximate surface area is 205 Å². The predicted octanol–water partition coefficient (Wildman–Crippen LogP) is 4.58. The van der Waals surface area contributed by atoms with Gasteiger partial charge in [-0.05, 0) is 42.0 Å². The summed E-state index contributed by atoms with van der Waals surface area (Å²) in [5.41, 5.74) is 1.58. The molecule has 1 aliphatic heterocycles. The molecule has 0 spiro atoms. The third-order valence-corrected chi connectivity index (χ3v) is 5.85. The largest absolute Gasteiger partial charge is 0.503 e. The lowest BCUT2D eigenvalue weighted by molar-refractivity contribution is -0.117. The molecule has 9 nitrogen and oxygen atoms in total. The molecular weight excluding hydrogens is 462 g/mol. The van der Waals surface area contributed by atoms with Crippen LogP contribution in [0.25, 0.3) is 11.0 Å². The number of nitrogens with one attached hydrogen (secondary N) is 1. The number of hydrogen-bond donors (Lipinski definition) is 2. The van der Waals surface area contributed by atoms with Gasteiger partial charge >= 0.3 is 0 Å². The number of hydrogen-bond acceptors (Lipinski definition) is 7. The van der Waals surface area contributed by atoms with Gasteiger partial charge < -0.3 is 19.6 Å². The fraction of sp³-hybridized carbons (Fsp3) is 0.111. The monoisotopic (exact) mass is 483 g/mol. The summed E-state index contributed by atoms with van der Waals surface area (Å²) in [6.07, 6.45) is 3.09. The van der Waals surface area contributed by atoms with E-state index in [-0.39, 0.29) is 17.2 Å². The molecule has 2 N–H and O–H groups in total. The molecule has 0 bridgehead atoms. The molecule has 0 saturated carbocycles. The van der Waals surface area contributed by atoms with Crippen LogP contribution in [-0.2, 0) is 9.59 Å². The van der Waals surface area contributed by atoms with Gasteiger partial charge in [-0.25, -0.2) is 0 Å². The van der Waals surface area contributed by atoms with Crippen molar-refractivity contribution in [1.29, 1.82) is 0 Å². The number of Topliss-reactive ketones (excluding diaryl/α,β-unsaturated/α-hetero) is 1. The van der Waals surface area contributed by atoms with E-state index < -0.39 is 23.5 Å². The number of amides is 2. The van der Waals surface area contributed by atoms with E-state index in [0.717, 1.165) is 0 Å². The van der Waals surface area contributed by atoms with Gasteiger partial charge in [0.05, 0.1) is 18.7 Å². The van der Waals surface area contributed by atoms with E-state index in [1.807, 2.05) is 0 Å². The number of para-hydroxylation sites is 1. The Bertz CT molecular complexity index is 1540. The number of fused-ring (bicyclic) bond motifs is 1. The second-order valence-electron chi connectivity index (χ2n) is 8.18. The number of aliphatic hydroxyl groups excluding tert-OH is 1. The van der Waals surface area contributed by atoms with Gasteiger partial charge in [-0.3, -0.25) is 24.3 Å². The van der Waals surface area contributed by atoms with Crippen LogP contribution in [0.5, 0.6) is 5.75 Å². The predicted molar refractivity (Wildman–Crippen MR) is 132 cm³/mol. The fourth-order valence-electron chi connectivity index (χ4n) is 4.34. The zero-order chi connectivity index (χ0) is 25.4. The van der Waals surface area contributed by atoms with Gasteiger partial charge in [0.1, 0.15) is 0 Å². The molecule has 2 amide bonds. The van der Waals surface area contributed by atoms with Gasteiger partial charge in [0.2, 0.25) is 11.7 Å². The molecule has 0 aliphatic carbocycles. The van der Waals surface area contributed by atoms with E-state index in [2.05, 4.69) is 10.3 Å². The standard InChI is InChI=1S/C27H21N3O6/c1-15(31)29-18-8-4-9-19(13-18)30-23(17-7-5-11-28-14-17)22(25(33)27(30)34)24(32)21-12-16-6-3-10-20(35-2)26(16)36-21/h3-14,23,33H,1-2H3,(H,29,31). The number of ether oxygens (including phenoxy) is 1. The third kappa shape index (κ3) is 3.86. The Balaban J connectivity index is 1.63.